The monoisotopic (exact) mass is 120 g/mol. The molecule has 0 spiro atoms. The molecule has 1 aliphatic rings. The predicted octanol–water partition coefficient (Wildman–Crippen LogP) is 2.83. The molecule has 0 aromatic rings. The van der Waals surface area contributed by atoms with Crippen molar-refractivity contribution in [1.82, 2.24) is 0 Å². The molecule has 0 aromatic heterocycles. The Morgan fingerprint density at radius 3 is 2.33 bits per heavy atom. The summed E-state index contributed by atoms with van der Waals surface area (Å²) in [6, 6.07) is 0. The van der Waals surface area contributed by atoms with E-state index in [0.29, 0.717) is 0 Å². The molecule has 1 fully saturated rings. The smallest absolute Gasteiger partial charge is 0.00405 e. The van der Waals surface area contributed by atoms with Crippen molar-refractivity contribution in [3.63, 3.8) is 0 Å². The number of rotatable bonds is 0. The van der Waals surface area contributed by atoms with Gasteiger partial charge < -0.3 is 0 Å². The normalized spacial score (nSPS) is 19.6. The largest absolute Gasteiger partial charge is 0.125 e. The maximum atomic E-state index is 3.93. The first-order valence-corrected chi connectivity index (χ1v) is 3.41. The molecule has 0 nitrogen and oxygen atoms in total. The summed E-state index contributed by atoms with van der Waals surface area (Å²) in [5.74, 6) is 0. The van der Waals surface area contributed by atoms with Crippen molar-refractivity contribution in [1.29, 1.82) is 0 Å². The summed E-state index contributed by atoms with van der Waals surface area (Å²) in [6.45, 7) is 7.54. The molecule has 0 N–H and O–H groups in total. The van der Waals surface area contributed by atoms with Crippen molar-refractivity contribution in [2.75, 3.05) is 0 Å². The molecule has 1 rings (SSSR count). The first kappa shape index (κ1) is 6.38. The summed E-state index contributed by atoms with van der Waals surface area (Å²) in [5, 5.41) is 0. The molecular formula is C9H12. The summed E-state index contributed by atoms with van der Waals surface area (Å²) in [4.78, 5) is 0. The van der Waals surface area contributed by atoms with Crippen LogP contribution in [0.5, 0.6) is 0 Å². The second-order valence-electron chi connectivity index (χ2n) is 2.47. The Labute approximate surface area is 56.6 Å². The van der Waals surface area contributed by atoms with Gasteiger partial charge in [0.15, 0.2) is 0 Å². The molecule has 0 aliphatic heterocycles. The molecule has 1 aliphatic carbocycles. The Hall–Kier alpha value is -0.740. The number of allylic oxidation sites excluding steroid dienone is 2. The summed E-state index contributed by atoms with van der Waals surface area (Å²) < 4.78 is 0. The highest BCUT2D eigenvalue weighted by Gasteiger charge is 2.07. The Morgan fingerprint density at radius 1 is 1.22 bits per heavy atom. The van der Waals surface area contributed by atoms with Gasteiger partial charge in [-0.3, -0.25) is 0 Å². The van der Waals surface area contributed by atoms with Gasteiger partial charge in [0.25, 0.3) is 0 Å². The lowest BCUT2D eigenvalue weighted by molar-refractivity contribution is 0.682. The van der Waals surface area contributed by atoms with E-state index in [9.17, 15) is 0 Å². The topological polar surface area (TPSA) is 0 Å². The van der Waals surface area contributed by atoms with Crippen LogP contribution in [0.2, 0.25) is 0 Å². The molecule has 0 saturated heterocycles. The molecule has 0 aromatic carbocycles. The number of hydrogen-bond acceptors (Lipinski definition) is 0. The zero-order valence-corrected chi connectivity index (χ0v) is 5.74. The third-order valence-electron chi connectivity index (χ3n) is 1.80. The van der Waals surface area contributed by atoms with Gasteiger partial charge in [-0.15, -0.1) is 5.73 Å². The summed E-state index contributed by atoms with van der Waals surface area (Å²) in [5.41, 5.74) is 5.42. The lowest BCUT2D eigenvalue weighted by Gasteiger charge is -2.13. The van der Waals surface area contributed by atoms with E-state index in [0.717, 1.165) is 12.8 Å². The summed E-state index contributed by atoms with van der Waals surface area (Å²) in [6.07, 6.45) is 4.88. The Kier molecular flexibility index (Phi) is 1.92. The second-order valence-corrected chi connectivity index (χ2v) is 2.47. The van der Waals surface area contributed by atoms with Gasteiger partial charge in [-0.2, -0.15) is 0 Å². The molecule has 0 bridgehead atoms. The fraction of sp³-hybridized carbons (Fsp3) is 0.444. The van der Waals surface area contributed by atoms with Crippen LogP contribution in [-0.4, -0.2) is 0 Å². The highest BCUT2D eigenvalue weighted by molar-refractivity contribution is 5.28. The van der Waals surface area contributed by atoms with Crippen molar-refractivity contribution < 1.29 is 0 Å². The fourth-order valence-electron chi connectivity index (χ4n) is 1.18. The zero-order valence-electron chi connectivity index (χ0n) is 5.74. The van der Waals surface area contributed by atoms with Gasteiger partial charge in [-0.05, 0) is 36.8 Å². The molecule has 1 saturated carbocycles. The van der Waals surface area contributed by atoms with Crippen LogP contribution in [0.25, 0.3) is 0 Å². The SMILES string of the molecule is C=C=C1CCCCC1=C. The van der Waals surface area contributed by atoms with Gasteiger partial charge in [0.1, 0.15) is 0 Å². The van der Waals surface area contributed by atoms with E-state index in [-0.39, 0.29) is 0 Å². The lowest BCUT2D eigenvalue weighted by Crippen LogP contribution is -1.95. The van der Waals surface area contributed by atoms with Gasteiger partial charge in [0.2, 0.25) is 0 Å². The highest BCUT2D eigenvalue weighted by atomic mass is 14.1. The molecule has 0 heteroatoms. The van der Waals surface area contributed by atoms with Crippen molar-refractivity contribution in [3.8, 4) is 0 Å². The molecule has 0 unspecified atom stereocenters. The standard InChI is InChI=1S/C9H12/c1-3-9-7-5-4-6-8(9)2/h1-2,4-7H2. The van der Waals surface area contributed by atoms with Crippen molar-refractivity contribution in [2.45, 2.75) is 25.7 Å². The van der Waals surface area contributed by atoms with E-state index < -0.39 is 0 Å². The van der Waals surface area contributed by atoms with Crippen LogP contribution in [-0.2, 0) is 0 Å². The van der Waals surface area contributed by atoms with E-state index in [2.05, 4.69) is 18.9 Å². The van der Waals surface area contributed by atoms with Gasteiger partial charge in [0.05, 0.1) is 0 Å². The van der Waals surface area contributed by atoms with Crippen molar-refractivity contribution >= 4 is 0 Å². The van der Waals surface area contributed by atoms with E-state index in [4.69, 9.17) is 0 Å². The molecule has 0 heterocycles. The Balaban J connectivity index is 2.71. The predicted molar refractivity (Wildman–Crippen MR) is 40.3 cm³/mol. The highest BCUT2D eigenvalue weighted by Crippen LogP contribution is 2.25. The molecule has 9 heavy (non-hydrogen) atoms. The van der Waals surface area contributed by atoms with Crippen LogP contribution < -0.4 is 0 Å². The quantitative estimate of drug-likeness (QED) is 0.431. The van der Waals surface area contributed by atoms with Gasteiger partial charge in [-0.1, -0.05) is 13.2 Å². The first-order valence-electron chi connectivity index (χ1n) is 3.41. The second kappa shape index (κ2) is 2.70. The number of hydrogen-bond donors (Lipinski definition) is 0. The molecule has 0 radical (unpaired) electrons. The molecule has 0 atom stereocenters. The van der Waals surface area contributed by atoms with Crippen LogP contribution >= 0.6 is 0 Å². The third kappa shape index (κ3) is 1.34. The Morgan fingerprint density at radius 2 is 1.89 bits per heavy atom. The van der Waals surface area contributed by atoms with Gasteiger partial charge >= 0.3 is 0 Å². The molecular weight excluding hydrogens is 108 g/mol. The van der Waals surface area contributed by atoms with Crippen LogP contribution in [0.1, 0.15) is 25.7 Å². The first-order chi connectivity index (χ1) is 4.34. The van der Waals surface area contributed by atoms with E-state index >= 15 is 0 Å². The van der Waals surface area contributed by atoms with Crippen LogP contribution in [0.4, 0.5) is 0 Å². The molecule has 48 valence electrons. The maximum absolute atomic E-state index is 3.93. The van der Waals surface area contributed by atoms with E-state index in [1.807, 2.05) is 0 Å². The lowest BCUT2D eigenvalue weighted by atomic mass is 9.92. The fourth-order valence-corrected chi connectivity index (χ4v) is 1.18. The van der Waals surface area contributed by atoms with Gasteiger partial charge in [0, 0.05) is 0 Å². The maximum Gasteiger partial charge on any atom is -0.00405 e. The van der Waals surface area contributed by atoms with Crippen molar-refractivity contribution in [3.05, 3.63) is 30.0 Å². The third-order valence-corrected chi connectivity index (χ3v) is 1.80. The summed E-state index contributed by atoms with van der Waals surface area (Å²) >= 11 is 0. The minimum atomic E-state index is 1.14. The molecule has 0 amide bonds. The van der Waals surface area contributed by atoms with Gasteiger partial charge in [-0.25, -0.2) is 0 Å². The van der Waals surface area contributed by atoms with Crippen LogP contribution in [0.15, 0.2) is 30.0 Å². The average molecular weight is 120 g/mol. The van der Waals surface area contributed by atoms with E-state index in [1.54, 1.807) is 0 Å². The van der Waals surface area contributed by atoms with Crippen molar-refractivity contribution in [2.24, 2.45) is 0 Å². The summed E-state index contributed by atoms with van der Waals surface area (Å²) in [7, 11) is 0. The average Bonchev–Trinajstić information content (AvgIpc) is 1.89. The van der Waals surface area contributed by atoms with Crippen LogP contribution in [0.3, 0.4) is 0 Å². The Bertz CT molecular complexity index is 168. The minimum Gasteiger partial charge on any atom is -0.125 e. The van der Waals surface area contributed by atoms with Crippen LogP contribution in [0, 0.1) is 0 Å². The zero-order chi connectivity index (χ0) is 6.69. The van der Waals surface area contributed by atoms with E-state index in [1.165, 1.54) is 24.0 Å². The minimum absolute atomic E-state index is 1.14.